The summed E-state index contributed by atoms with van der Waals surface area (Å²) in [7, 11) is 4.00. The summed E-state index contributed by atoms with van der Waals surface area (Å²) >= 11 is 0. The summed E-state index contributed by atoms with van der Waals surface area (Å²) in [6, 6.07) is 5.78. The Labute approximate surface area is 144 Å². The monoisotopic (exact) mass is 340 g/mol. The van der Waals surface area contributed by atoms with Gasteiger partial charge in [-0.05, 0) is 32.3 Å². The van der Waals surface area contributed by atoms with Crippen LogP contribution >= 0.6 is 0 Å². The molecule has 1 aromatic carbocycles. The Morgan fingerprint density at radius 1 is 1.40 bits per heavy atom. The summed E-state index contributed by atoms with van der Waals surface area (Å²) < 4.78 is 5.44. The molecule has 3 heterocycles. The lowest BCUT2D eigenvalue weighted by Gasteiger charge is -2.18. The summed E-state index contributed by atoms with van der Waals surface area (Å²) in [5, 5.41) is 4.09. The van der Waals surface area contributed by atoms with E-state index in [1.165, 1.54) is 0 Å². The summed E-state index contributed by atoms with van der Waals surface area (Å²) in [6.07, 6.45) is 2.08. The van der Waals surface area contributed by atoms with Crippen LogP contribution in [0.3, 0.4) is 0 Å². The number of hydrogen-bond acceptors (Lipinski definition) is 6. The number of likely N-dealkylation sites (tertiary alicyclic amines) is 1. The molecule has 0 unspecified atom stereocenters. The minimum Gasteiger partial charge on any atom is -0.345 e. The molecule has 130 valence electrons. The van der Waals surface area contributed by atoms with E-state index >= 15 is 0 Å². The van der Waals surface area contributed by atoms with Crippen molar-refractivity contribution in [3.05, 3.63) is 30.4 Å². The fourth-order valence-corrected chi connectivity index (χ4v) is 3.07. The Morgan fingerprint density at radius 2 is 2.28 bits per heavy atom. The second-order valence-electron chi connectivity index (χ2n) is 6.63. The molecular formula is C17H20N6O2. The number of carbonyl (C=O) groups is 1. The lowest BCUT2D eigenvalue weighted by atomic mass is 10.1. The molecule has 1 amide bonds. The van der Waals surface area contributed by atoms with E-state index in [1.54, 1.807) is 6.33 Å². The maximum atomic E-state index is 12.2. The van der Waals surface area contributed by atoms with E-state index in [1.807, 2.05) is 37.2 Å². The first-order valence-corrected chi connectivity index (χ1v) is 8.30. The van der Waals surface area contributed by atoms with E-state index in [-0.39, 0.29) is 11.8 Å². The number of hydrogen-bond donors (Lipinski definition) is 1. The first kappa shape index (κ1) is 15.8. The number of carbonyl (C=O) groups excluding carboxylic acids is 1. The van der Waals surface area contributed by atoms with Gasteiger partial charge in [-0.25, -0.2) is 4.98 Å². The Bertz CT molecular complexity index is 899. The zero-order valence-corrected chi connectivity index (χ0v) is 14.3. The quantitative estimate of drug-likeness (QED) is 0.757. The summed E-state index contributed by atoms with van der Waals surface area (Å²) in [5.74, 6) is 1.17. The molecule has 1 N–H and O–H groups in total. The van der Waals surface area contributed by atoms with Gasteiger partial charge in [-0.3, -0.25) is 4.79 Å². The normalized spacial score (nSPS) is 18.0. The number of rotatable bonds is 5. The molecule has 0 radical (unpaired) electrons. The highest BCUT2D eigenvalue weighted by molar-refractivity contribution is 5.80. The molecule has 25 heavy (non-hydrogen) atoms. The third kappa shape index (κ3) is 3.12. The van der Waals surface area contributed by atoms with Crippen LogP contribution in [0.5, 0.6) is 0 Å². The SMILES string of the molecule is CN(C)CCN1C[C@@H](c2nc(-c3ccc4nc[nH]c4c3)no2)CC1=O. The lowest BCUT2D eigenvalue weighted by molar-refractivity contribution is -0.127. The summed E-state index contributed by atoms with van der Waals surface area (Å²) in [4.78, 5) is 27.9. The number of likely N-dealkylation sites (N-methyl/N-ethyl adjacent to an activating group) is 1. The molecule has 1 saturated heterocycles. The Morgan fingerprint density at radius 3 is 3.12 bits per heavy atom. The van der Waals surface area contributed by atoms with Crippen molar-refractivity contribution in [2.75, 3.05) is 33.7 Å². The van der Waals surface area contributed by atoms with Crippen molar-refractivity contribution >= 4 is 16.9 Å². The van der Waals surface area contributed by atoms with Gasteiger partial charge in [-0.2, -0.15) is 4.98 Å². The number of aromatic amines is 1. The molecule has 1 fully saturated rings. The van der Waals surface area contributed by atoms with Crippen molar-refractivity contribution in [2.45, 2.75) is 12.3 Å². The van der Waals surface area contributed by atoms with E-state index < -0.39 is 0 Å². The fourth-order valence-electron chi connectivity index (χ4n) is 3.07. The molecular weight excluding hydrogens is 320 g/mol. The molecule has 2 aromatic heterocycles. The molecule has 8 heteroatoms. The lowest BCUT2D eigenvalue weighted by Crippen LogP contribution is -2.32. The van der Waals surface area contributed by atoms with Crippen LogP contribution in [0, 0.1) is 0 Å². The second kappa shape index (κ2) is 6.29. The van der Waals surface area contributed by atoms with Crippen LogP contribution in [0.2, 0.25) is 0 Å². The van der Waals surface area contributed by atoms with Gasteiger partial charge in [0, 0.05) is 31.6 Å². The highest BCUT2D eigenvalue weighted by Crippen LogP contribution is 2.29. The van der Waals surface area contributed by atoms with Crippen LogP contribution in [0.4, 0.5) is 0 Å². The number of nitrogens with one attached hydrogen (secondary N) is 1. The number of imidazole rings is 1. The first-order valence-electron chi connectivity index (χ1n) is 8.30. The van der Waals surface area contributed by atoms with Crippen LogP contribution in [-0.2, 0) is 4.79 Å². The van der Waals surface area contributed by atoms with Crippen LogP contribution < -0.4 is 0 Å². The van der Waals surface area contributed by atoms with E-state index in [2.05, 4.69) is 25.0 Å². The Balaban J connectivity index is 1.50. The average Bonchev–Trinajstić information content (AvgIpc) is 3.31. The summed E-state index contributed by atoms with van der Waals surface area (Å²) in [5.41, 5.74) is 2.68. The smallest absolute Gasteiger partial charge is 0.232 e. The zero-order valence-electron chi connectivity index (χ0n) is 14.3. The van der Waals surface area contributed by atoms with Gasteiger partial charge in [0.1, 0.15) is 0 Å². The minimum atomic E-state index is -0.0354. The molecule has 4 rings (SSSR count). The topological polar surface area (TPSA) is 91.2 Å². The van der Waals surface area contributed by atoms with Gasteiger partial charge < -0.3 is 19.3 Å². The molecule has 0 spiro atoms. The van der Waals surface area contributed by atoms with Gasteiger partial charge in [-0.15, -0.1) is 0 Å². The van der Waals surface area contributed by atoms with Crippen molar-refractivity contribution < 1.29 is 9.32 Å². The second-order valence-corrected chi connectivity index (χ2v) is 6.63. The average molecular weight is 340 g/mol. The Kier molecular flexibility index (Phi) is 3.96. The van der Waals surface area contributed by atoms with Crippen molar-refractivity contribution in [3.8, 4) is 11.4 Å². The maximum Gasteiger partial charge on any atom is 0.232 e. The molecule has 0 bridgehead atoms. The molecule has 1 atom stereocenters. The highest BCUT2D eigenvalue weighted by atomic mass is 16.5. The maximum absolute atomic E-state index is 12.2. The first-order chi connectivity index (χ1) is 12.1. The van der Waals surface area contributed by atoms with Crippen LogP contribution in [0.1, 0.15) is 18.2 Å². The predicted octanol–water partition coefficient (Wildman–Crippen LogP) is 1.49. The van der Waals surface area contributed by atoms with E-state index in [0.717, 1.165) is 29.7 Å². The van der Waals surface area contributed by atoms with Gasteiger partial charge in [0.05, 0.1) is 23.3 Å². The van der Waals surface area contributed by atoms with Crippen LogP contribution in [0.15, 0.2) is 29.0 Å². The highest BCUT2D eigenvalue weighted by Gasteiger charge is 2.34. The third-order valence-electron chi connectivity index (χ3n) is 4.50. The van der Waals surface area contributed by atoms with Crippen molar-refractivity contribution in [1.29, 1.82) is 0 Å². The number of fused-ring (bicyclic) bond motifs is 1. The number of amides is 1. The van der Waals surface area contributed by atoms with Gasteiger partial charge in [-0.1, -0.05) is 5.16 Å². The largest absolute Gasteiger partial charge is 0.345 e. The number of nitrogens with zero attached hydrogens (tertiary/aromatic N) is 5. The third-order valence-corrected chi connectivity index (χ3v) is 4.50. The van der Waals surface area contributed by atoms with Crippen LogP contribution in [-0.4, -0.2) is 69.5 Å². The number of aromatic nitrogens is 4. The standard InChI is InChI=1S/C17H20N6O2/c1-22(2)5-6-23-9-12(8-15(23)24)17-20-16(21-25-17)11-3-4-13-14(7-11)19-10-18-13/h3-4,7,10,12H,5-6,8-9H2,1-2H3,(H,18,19)/t12-/m0/s1. The molecule has 0 saturated carbocycles. The molecule has 8 nitrogen and oxygen atoms in total. The van der Waals surface area contributed by atoms with Crippen molar-refractivity contribution in [2.24, 2.45) is 0 Å². The fraction of sp³-hybridized carbons (Fsp3) is 0.412. The molecule has 3 aromatic rings. The predicted molar refractivity (Wildman–Crippen MR) is 91.9 cm³/mol. The van der Waals surface area contributed by atoms with Gasteiger partial charge in [0.25, 0.3) is 0 Å². The number of benzene rings is 1. The van der Waals surface area contributed by atoms with Crippen molar-refractivity contribution in [1.82, 2.24) is 29.9 Å². The van der Waals surface area contributed by atoms with Crippen LogP contribution in [0.25, 0.3) is 22.4 Å². The van der Waals surface area contributed by atoms with Gasteiger partial charge in [0.15, 0.2) is 0 Å². The summed E-state index contributed by atoms with van der Waals surface area (Å²) in [6.45, 7) is 2.20. The Hall–Kier alpha value is -2.74. The molecule has 0 aliphatic carbocycles. The van der Waals surface area contributed by atoms with Crippen molar-refractivity contribution in [3.63, 3.8) is 0 Å². The molecule has 1 aliphatic rings. The molecule has 1 aliphatic heterocycles. The van der Waals surface area contributed by atoms with E-state index in [9.17, 15) is 4.79 Å². The van der Waals surface area contributed by atoms with E-state index in [0.29, 0.717) is 24.7 Å². The number of H-pyrrole nitrogens is 1. The van der Waals surface area contributed by atoms with Gasteiger partial charge in [0.2, 0.25) is 17.6 Å². The van der Waals surface area contributed by atoms with Gasteiger partial charge >= 0.3 is 0 Å². The zero-order chi connectivity index (χ0) is 17.4. The minimum absolute atomic E-state index is 0.0354. The van der Waals surface area contributed by atoms with E-state index in [4.69, 9.17) is 4.52 Å².